The third-order valence-corrected chi connectivity index (χ3v) is 7.36. The summed E-state index contributed by atoms with van der Waals surface area (Å²) in [6, 6.07) is 10.0. The number of aromatic nitrogens is 3. The molecule has 30 heavy (non-hydrogen) atoms. The van der Waals surface area contributed by atoms with Crippen LogP contribution < -0.4 is 4.74 Å². The maximum absolute atomic E-state index is 6.17. The number of rotatable bonds is 7. The van der Waals surface area contributed by atoms with Crippen molar-refractivity contribution in [3.63, 3.8) is 0 Å². The monoisotopic (exact) mass is 461 g/mol. The number of ether oxygens (including phenoxy) is 1. The van der Waals surface area contributed by atoms with Gasteiger partial charge in [-0.1, -0.05) is 47.1 Å². The van der Waals surface area contributed by atoms with E-state index in [2.05, 4.69) is 40.7 Å². The largest absolute Gasteiger partial charge is 0.485 e. The number of benzene rings is 2. The summed E-state index contributed by atoms with van der Waals surface area (Å²) < 4.78 is 8.28. The van der Waals surface area contributed by atoms with E-state index in [1.165, 1.54) is 36.0 Å². The first-order chi connectivity index (χ1) is 14.6. The molecule has 7 heteroatoms. The van der Waals surface area contributed by atoms with Gasteiger partial charge in [-0.15, -0.1) is 10.2 Å². The summed E-state index contributed by atoms with van der Waals surface area (Å²) in [6.45, 7) is 5.47. The molecule has 0 aliphatic heterocycles. The molecule has 0 N–H and O–H groups in total. The lowest BCUT2D eigenvalue weighted by Gasteiger charge is -2.20. The van der Waals surface area contributed by atoms with Crippen molar-refractivity contribution in [1.29, 1.82) is 0 Å². The van der Waals surface area contributed by atoms with Crippen molar-refractivity contribution in [3.05, 3.63) is 68.5 Å². The summed E-state index contributed by atoms with van der Waals surface area (Å²) >= 11 is 13.8. The van der Waals surface area contributed by atoms with Crippen molar-refractivity contribution in [2.45, 2.75) is 63.6 Å². The fourth-order valence-corrected chi connectivity index (χ4v) is 5.20. The second-order valence-electron chi connectivity index (χ2n) is 7.50. The Hall–Kier alpha value is -1.69. The first-order valence-corrected chi connectivity index (χ1v) is 12.0. The first-order valence-electron chi connectivity index (χ1n) is 10.3. The maximum atomic E-state index is 6.17. The zero-order valence-corrected chi connectivity index (χ0v) is 19.6. The molecule has 2 aromatic carbocycles. The zero-order chi connectivity index (χ0) is 21.1. The Morgan fingerprint density at radius 2 is 1.90 bits per heavy atom. The van der Waals surface area contributed by atoms with Crippen molar-refractivity contribution < 1.29 is 4.74 Å². The third kappa shape index (κ3) is 4.63. The zero-order valence-electron chi connectivity index (χ0n) is 17.3. The molecule has 1 aromatic heterocycles. The number of aryl methyl sites for hydroxylation is 1. The van der Waals surface area contributed by atoms with Crippen LogP contribution in [0.15, 0.2) is 35.5 Å². The van der Waals surface area contributed by atoms with Crippen molar-refractivity contribution in [2.75, 3.05) is 0 Å². The minimum Gasteiger partial charge on any atom is -0.485 e. The van der Waals surface area contributed by atoms with Crippen LogP contribution in [-0.4, -0.2) is 14.8 Å². The Bertz CT molecular complexity index is 1050. The fraction of sp³-hybridized carbons (Fsp3) is 0.391. The second kappa shape index (κ2) is 9.63. The summed E-state index contributed by atoms with van der Waals surface area (Å²) in [5.74, 6) is 2.54. The van der Waals surface area contributed by atoms with Gasteiger partial charge in [0.25, 0.3) is 0 Å². The Kier molecular flexibility index (Phi) is 6.91. The van der Waals surface area contributed by atoms with Gasteiger partial charge in [0.05, 0.1) is 10.0 Å². The molecule has 4 rings (SSSR count). The summed E-state index contributed by atoms with van der Waals surface area (Å²) in [4.78, 5) is 0. The Labute approximate surface area is 191 Å². The van der Waals surface area contributed by atoms with Crippen molar-refractivity contribution in [1.82, 2.24) is 14.8 Å². The highest BCUT2D eigenvalue weighted by atomic mass is 35.5. The quantitative estimate of drug-likeness (QED) is 0.368. The third-order valence-electron chi connectivity index (χ3n) is 5.59. The van der Waals surface area contributed by atoms with Crippen LogP contribution in [0.4, 0.5) is 0 Å². The predicted octanol–water partition coefficient (Wildman–Crippen LogP) is 6.66. The smallest absolute Gasteiger partial charge is 0.191 e. The molecule has 0 saturated heterocycles. The molecule has 0 radical (unpaired) electrons. The van der Waals surface area contributed by atoms with Gasteiger partial charge in [0.15, 0.2) is 11.0 Å². The fourth-order valence-electron chi connectivity index (χ4n) is 3.92. The average molecular weight is 462 g/mol. The van der Waals surface area contributed by atoms with Crippen LogP contribution in [0.5, 0.6) is 5.75 Å². The molecule has 4 nitrogen and oxygen atoms in total. The van der Waals surface area contributed by atoms with Crippen LogP contribution in [0.2, 0.25) is 10.0 Å². The van der Waals surface area contributed by atoms with Crippen LogP contribution in [-0.2, 0) is 31.7 Å². The van der Waals surface area contributed by atoms with E-state index in [-0.39, 0.29) is 0 Å². The molecule has 0 unspecified atom stereocenters. The Morgan fingerprint density at radius 1 is 1.07 bits per heavy atom. The predicted molar refractivity (Wildman–Crippen MR) is 124 cm³/mol. The number of hydrogen-bond donors (Lipinski definition) is 0. The average Bonchev–Trinajstić information content (AvgIpc) is 3.16. The number of nitrogens with zero attached hydrogens (tertiary/aromatic N) is 3. The summed E-state index contributed by atoms with van der Waals surface area (Å²) in [5.41, 5.74) is 5.31. The SMILES string of the molecule is CCn1c(COc2ccc3c(c2C)CCCC3)nnc1SCc1ccc(Cl)c(Cl)c1. The topological polar surface area (TPSA) is 39.9 Å². The minimum atomic E-state index is 0.411. The molecular weight excluding hydrogens is 437 g/mol. The molecule has 0 atom stereocenters. The number of hydrogen-bond acceptors (Lipinski definition) is 4. The molecule has 0 fully saturated rings. The number of fused-ring (bicyclic) bond motifs is 1. The number of thioether (sulfide) groups is 1. The van der Waals surface area contributed by atoms with E-state index in [0.717, 1.165) is 41.0 Å². The van der Waals surface area contributed by atoms with E-state index in [9.17, 15) is 0 Å². The van der Waals surface area contributed by atoms with Gasteiger partial charge in [0.2, 0.25) is 0 Å². The van der Waals surface area contributed by atoms with Gasteiger partial charge >= 0.3 is 0 Å². The normalized spacial score (nSPS) is 13.3. The Morgan fingerprint density at radius 3 is 2.70 bits per heavy atom. The summed E-state index contributed by atoms with van der Waals surface area (Å²) in [6.07, 6.45) is 4.88. The van der Waals surface area contributed by atoms with Gasteiger partial charge < -0.3 is 9.30 Å². The summed E-state index contributed by atoms with van der Waals surface area (Å²) in [7, 11) is 0. The molecule has 0 saturated carbocycles. The molecule has 158 valence electrons. The van der Waals surface area contributed by atoms with Gasteiger partial charge in [-0.05, 0) is 80.0 Å². The maximum Gasteiger partial charge on any atom is 0.191 e. The molecule has 1 aliphatic carbocycles. The van der Waals surface area contributed by atoms with E-state index < -0.39 is 0 Å². The molecule has 0 spiro atoms. The molecule has 0 amide bonds. The summed E-state index contributed by atoms with van der Waals surface area (Å²) in [5, 5.41) is 10.8. The van der Waals surface area contributed by atoms with Crippen molar-refractivity contribution >= 4 is 35.0 Å². The van der Waals surface area contributed by atoms with E-state index in [1.54, 1.807) is 11.8 Å². The Balaban J connectivity index is 1.44. The van der Waals surface area contributed by atoms with Gasteiger partial charge in [0, 0.05) is 12.3 Å². The van der Waals surface area contributed by atoms with Crippen molar-refractivity contribution in [2.24, 2.45) is 0 Å². The van der Waals surface area contributed by atoms with Crippen LogP contribution in [0.1, 0.15) is 47.8 Å². The number of halogens is 2. The van der Waals surface area contributed by atoms with Gasteiger partial charge in [-0.2, -0.15) is 0 Å². The van der Waals surface area contributed by atoms with E-state index in [0.29, 0.717) is 16.7 Å². The highest BCUT2D eigenvalue weighted by Gasteiger charge is 2.16. The van der Waals surface area contributed by atoms with Gasteiger partial charge in [0.1, 0.15) is 12.4 Å². The van der Waals surface area contributed by atoms with E-state index in [1.807, 2.05) is 18.2 Å². The first kappa shape index (κ1) is 21.5. The molecule has 1 aliphatic rings. The molecule has 0 bridgehead atoms. The molecule has 3 aromatic rings. The van der Waals surface area contributed by atoms with Crippen LogP contribution in [0, 0.1) is 6.92 Å². The van der Waals surface area contributed by atoms with E-state index >= 15 is 0 Å². The highest BCUT2D eigenvalue weighted by molar-refractivity contribution is 7.98. The van der Waals surface area contributed by atoms with Crippen LogP contribution in [0.25, 0.3) is 0 Å². The molecular formula is C23H25Cl2N3OS. The van der Waals surface area contributed by atoms with E-state index in [4.69, 9.17) is 27.9 Å². The minimum absolute atomic E-state index is 0.411. The second-order valence-corrected chi connectivity index (χ2v) is 9.26. The standard InChI is InChI=1S/C23H25Cl2N3OS/c1-3-28-22(13-29-21-11-9-17-6-4-5-7-18(17)15(21)2)26-27-23(28)30-14-16-8-10-19(24)20(25)12-16/h8-12H,3-7,13-14H2,1-2H3. The highest BCUT2D eigenvalue weighted by Crippen LogP contribution is 2.31. The lowest BCUT2D eigenvalue weighted by Crippen LogP contribution is -2.09. The molecule has 1 heterocycles. The lowest BCUT2D eigenvalue weighted by atomic mass is 9.88. The van der Waals surface area contributed by atoms with Crippen molar-refractivity contribution in [3.8, 4) is 5.75 Å². The lowest BCUT2D eigenvalue weighted by molar-refractivity contribution is 0.285. The van der Waals surface area contributed by atoms with Gasteiger partial charge in [-0.25, -0.2) is 0 Å². The van der Waals surface area contributed by atoms with Crippen LogP contribution >= 0.6 is 35.0 Å². The van der Waals surface area contributed by atoms with Crippen LogP contribution in [0.3, 0.4) is 0 Å². The van der Waals surface area contributed by atoms with Gasteiger partial charge in [-0.3, -0.25) is 0 Å².